The van der Waals surface area contributed by atoms with Gasteiger partial charge in [0, 0.05) is 37.1 Å². The number of hydrogen-bond acceptors (Lipinski definition) is 8. The zero-order valence-electron chi connectivity index (χ0n) is 20.7. The van der Waals surface area contributed by atoms with E-state index in [0.717, 1.165) is 24.8 Å². The van der Waals surface area contributed by atoms with Crippen LogP contribution in [0.15, 0.2) is 35.8 Å². The first-order chi connectivity index (χ1) is 16.5. The van der Waals surface area contributed by atoms with Gasteiger partial charge in [0.15, 0.2) is 0 Å². The second-order valence-corrected chi connectivity index (χ2v) is 10.8. The van der Waals surface area contributed by atoms with Crippen LogP contribution in [0, 0.1) is 22.2 Å². The van der Waals surface area contributed by atoms with E-state index in [1.807, 2.05) is 17.2 Å². The molecule has 0 bridgehead atoms. The van der Waals surface area contributed by atoms with Gasteiger partial charge in [0.05, 0.1) is 11.3 Å². The standard InChI is InChI=1S/C26H32N6O3/c1-16-5-6-20(30-24(33)17-7-8-28-22(10-17)25(2,3)34)11-21(16)19-9-18(12-27)23(29-13-19)32-14-26(4,15-32)31-35/h7-10,13,16,20-21,34H,5-6,11,14-15H2,1-4H3,(H,30,33). The Bertz CT molecular complexity index is 1160. The molecular formula is C26H32N6O3. The molecule has 4 rings (SSSR count). The van der Waals surface area contributed by atoms with Gasteiger partial charge < -0.3 is 15.3 Å². The number of nitrogens with zero attached hydrogens (tertiary/aromatic N) is 5. The third-order valence-corrected chi connectivity index (χ3v) is 7.20. The van der Waals surface area contributed by atoms with Gasteiger partial charge >= 0.3 is 0 Å². The number of anilines is 1. The molecule has 1 saturated carbocycles. The van der Waals surface area contributed by atoms with Crippen LogP contribution in [0.3, 0.4) is 0 Å². The molecule has 3 atom stereocenters. The summed E-state index contributed by atoms with van der Waals surface area (Å²) in [7, 11) is 0. The maximum atomic E-state index is 12.9. The summed E-state index contributed by atoms with van der Waals surface area (Å²) in [6.45, 7) is 8.17. The van der Waals surface area contributed by atoms with Crippen molar-refractivity contribution >= 4 is 11.7 Å². The predicted octanol–water partition coefficient (Wildman–Crippen LogP) is 3.62. The molecule has 9 nitrogen and oxygen atoms in total. The normalized spacial score (nSPS) is 23.7. The van der Waals surface area contributed by atoms with Gasteiger partial charge in [0.2, 0.25) is 0 Å². The highest BCUT2D eigenvalue weighted by Gasteiger charge is 2.42. The Morgan fingerprint density at radius 2 is 2.06 bits per heavy atom. The van der Waals surface area contributed by atoms with Crippen LogP contribution >= 0.6 is 0 Å². The highest BCUT2D eigenvalue weighted by atomic mass is 16.3. The molecule has 1 aliphatic carbocycles. The maximum Gasteiger partial charge on any atom is 0.251 e. The van der Waals surface area contributed by atoms with Crippen LogP contribution in [-0.2, 0) is 5.60 Å². The Balaban J connectivity index is 1.47. The Morgan fingerprint density at radius 1 is 1.31 bits per heavy atom. The van der Waals surface area contributed by atoms with Crippen molar-refractivity contribution in [1.29, 1.82) is 5.26 Å². The van der Waals surface area contributed by atoms with Gasteiger partial charge in [-0.3, -0.25) is 9.78 Å². The number of nitroso groups, excluding NO2 is 1. The summed E-state index contributed by atoms with van der Waals surface area (Å²) in [6, 6.07) is 7.42. The number of nitrogens with one attached hydrogen (secondary N) is 1. The third-order valence-electron chi connectivity index (χ3n) is 7.20. The lowest BCUT2D eigenvalue weighted by Crippen LogP contribution is -2.59. The number of carbonyl (C=O) groups excluding carboxylic acids is 1. The number of aromatic nitrogens is 2. The molecule has 2 aromatic heterocycles. The molecular weight excluding hydrogens is 444 g/mol. The van der Waals surface area contributed by atoms with Crippen molar-refractivity contribution in [2.75, 3.05) is 18.0 Å². The minimum Gasteiger partial charge on any atom is -0.384 e. The lowest BCUT2D eigenvalue weighted by Gasteiger charge is -2.44. The molecule has 1 saturated heterocycles. The molecule has 2 aliphatic rings. The number of aliphatic hydroxyl groups is 1. The number of carbonyl (C=O) groups is 1. The molecule has 0 aromatic carbocycles. The van der Waals surface area contributed by atoms with Gasteiger partial charge in [-0.25, -0.2) is 4.98 Å². The van der Waals surface area contributed by atoms with Gasteiger partial charge in [-0.2, -0.15) is 10.2 Å². The number of nitriles is 1. The smallest absolute Gasteiger partial charge is 0.251 e. The first-order valence-corrected chi connectivity index (χ1v) is 12.0. The van der Waals surface area contributed by atoms with Crippen molar-refractivity contribution < 1.29 is 9.90 Å². The van der Waals surface area contributed by atoms with E-state index >= 15 is 0 Å². The number of hydrogen-bond donors (Lipinski definition) is 2. The van der Waals surface area contributed by atoms with E-state index in [1.165, 1.54) is 6.20 Å². The van der Waals surface area contributed by atoms with Crippen LogP contribution in [-0.4, -0.2) is 45.7 Å². The summed E-state index contributed by atoms with van der Waals surface area (Å²) < 4.78 is 0. The molecule has 3 heterocycles. The summed E-state index contributed by atoms with van der Waals surface area (Å²) in [5.74, 6) is 0.944. The van der Waals surface area contributed by atoms with E-state index in [-0.39, 0.29) is 17.9 Å². The van der Waals surface area contributed by atoms with E-state index in [2.05, 4.69) is 33.5 Å². The van der Waals surface area contributed by atoms with Crippen molar-refractivity contribution in [3.63, 3.8) is 0 Å². The van der Waals surface area contributed by atoms with Gasteiger partial charge in [0.1, 0.15) is 23.0 Å². The minimum atomic E-state index is -1.13. The Labute approximate surface area is 205 Å². The average Bonchev–Trinajstić information content (AvgIpc) is 2.82. The topological polar surface area (TPSA) is 132 Å². The SMILES string of the molecule is CC1CCC(NC(=O)c2ccnc(C(C)(C)O)c2)CC1c1cnc(N2CC(C)(N=O)C2)c(C#N)c1. The molecule has 2 N–H and O–H groups in total. The zero-order valence-corrected chi connectivity index (χ0v) is 20.7. The fraction of sp³-hybridized carbons (Fsp3) is 0.538. The molecule has 0 spiro atoms. The lowest BCUT2D eigenvalue weighted by atomic mass is 9.74. The molecule has 1 amide bonds. The van der Waals surface area contributed by atoms with Crippen molar-refractivity contribution in [3.05, 3.63) is 57.9 Å². The van der Waals surface area contributed by atoms with Crippen molar-refractivity contribution in [3.8, 4) is 6.07 Å². The van der Waals surface area contributed by atoms with Crippen LogP contribution in [0.5, 0.6) is 0 Å². The van der Waals surface area contributed by atoms with Crippen molar-refractivity contribution in [2.45, 2.75) is 70.1 Å². The van der Waals surface area contributed by atoms with E-state index in [0.29, 0.717) is 41.6 Å². The molecule has 2 aromatic rings. The van der Waals surface area contributed by atoms with Gasteiger partial charge in [0.25, 0.3) is 5.91 Å². The first-order valence-electron chi connectivity index (χ1n) is 12.0. The van der Waals surface area contributed by atoms with Crippen LogP contribution < -0.4 is 10.2 Å². The average molecular weight is 477 g/mol. The van der Waals surface area contributed by atoms with Gasteiger partial charge in [-0.15, -0.1) is 0 Å². The quantitative estimate of drug-likeness (QED) is 0.609. The molecule has 1 aliphatic heterocycles. The van der Waals surface area contributed by atoms with E-state index < -0.39 is 11.1 Å². The second-order valence-electron chi connectivity index (χ2n) is 10.8. The monoisotopic (exact) mass is 476 g/mol. The number of pyridine rings is 2. The number of amides is 1. The summed E-state index contributed by atoms with van der Waals surface area (Å²) in [6.07, 6.45) is 5.92. The van der Waals surface area contributed by atoms with E-state index in [1.54, 1.807) is 32.9 Å². The molecule has 184 valence electrons. The first kappa shape index (κ1) is 24.7. The fourth-order valence-corrected chi connectivity index (χ4v) is 5.09. The Kier molecular flexibility index (Phi) is 6.60. The van der Waals surface area contributed by atoms with E-state index in [9.17, 15) is 20.1 Å². The third kappa shape index (κ3) is 5.17. The molecule has 3 unspecified atom stereocenters. The van der Waals surface area contributed by atoms with Crippen LogP contribution in [0.1, 0.15) is 80.1 Å². The molecule has 0 radical (unpaired) electrons. The maximum absolute atomic E-state index is 12.9. The van der Waals surface area contributed by atoms with Crippen molar-refractivity contribution in [1.82, 2.24) is 15.3 Å². The Morgan fingerprint density at radius 3 is 2.71 bits per heavy atom. The number of rotatable bonds is 6. The summed E-state index contributed by atoms with van der Waals surface area (Å²) in [5.41, 5.74) is 0.640. The molecule has 2 fully saturated rings. The largest absolute Gasteiger partial charge is 0.384 e. The summed E-state index contributed by atoms with van der Waals surface area (Å²) in [4.78, 5) is 34.6. The van der Waals surface area contributed by atoms with Crippen molar-refractivity contribution in [2.24, 2.45) is 11.1 Å². The van der Waals surface area contributed by atoms with Crippen LogP contribution in [0.2, 0.25) is 0 Å². The summed E-state index contributed by atoms with van der Waals surface area (Å²) in [5, 5.41) is 26.3. The zero-order chi connectivity index (χ0) is 25.4. The minimum absolute atomic E-state index is 0.0116. The van der Waals surface area contributed by atoms with Crippen LogP contribution in [0.4, 0.5) is 5.82 Å². The summed E-state index contributed by atoms with van der Waals surface area (Å²) >= 11 is 0. The van der Waals surface area contributed by atoms with Crippen LogP contribution in [0.25, 0.3) is 0 Å². The highest BCUT2D eigenvalue weighted by Crippen LogP contribution is 2.39. The predicted molar refractivity (Wildman–Crippen MR) is 132 cm³/mol. The lowest BCUT2D eigenvalue weighted by molar-refractivity contribution is 0.0736. The fourth-order valence-electron chi connectivity index (χ4n) is 5.09. The van der Waals surface area contributed by atoms with Gasteiger partial charge in [-0.1, -0.05) is 12.1 Å². The van der Waals surface area contributed by atoms with Gasteiger partial charge in [-0.05, 0) is 75.6 Å². The molecule has 35 heavy (non-hydrogen) atoms. The molecule has 9 heteroatoms. The second kappa shape index (κ2) is 9.34. The van der Waals surface area contributed by atoms with E-state index in [4.69, 9.17) is 0 Å². The Hall–Kier alpha value is -3.38. The highest BCUT2D eigenvalue weighted by molar-refractivity contribution is 5.94.